The van der Waals surface area contributed by atoms with Crippen molar-refractivity contribution in [3.8, 4) is 11.4 Å². The second-order valence-corrected chi connectivity index (χ2v) is 11.1. The molecule has 1 aromatic heterocycles. The first-order valence-corrected chi connectivity index (χ1v) is 13.3. The topological polar surface area (TPSA) is 56.1 Å². The number of nitrogens with zero attached hydrogens (tertiary/aromatic N) is 2. The Morgan fingerprint density at radius 2 is 1.95 bits per heavy atom. The average molecular weight is 552 g/mol. The summed E-state index contributed by atoms with van der Waals surface area (Å²) in [4.78, 5) is 13.6. The van der Waals surface area contributed by atoms with Gasteiger partial charge in [0.25, 0.3) is 0 Å². The number of anilines is 1. The van der Waals surface area contributed by atoms with Crippen LogP contribution < -0.4 is 10.1 Å². The number of hydrogen-bond acceptors (Lipinski definition) is 3. The minimum Gasteiger partial charge on any atom is -0.497 e. The number of carbonyl (C=O) groups excluding carboxylic acids is 1. The van der Waals surface area contributed by atoms with Gasteiger partial charge in [-0.25, -0.2) is 9.07 Å². The zero-order valence-corrected chi connectivity index (χ0v) is 22.1. The van der Waals surface area contributed by atoms with Gasteiger partial charge < -0.3 is 10.1 Å². The van der Waals surface area contributed by atoms with E-state index < -0.39 is 35.3 Å². The number of methoxy groups -OCH3 is 1. The number of ether oxygens (including phenoxy) is 1. The van der Waals surface area contributed by atoms with Gasteiger partial charge in [-0.1, -0.05) is 30.2 Å². The fraction of sp³-hybridized carbons (Fsp3) is 0.355. The molecule has 6 rings (SSSR count). The maximum absolute atomic E-state index is 14.3. The minimum absolute atomic E-state index is 0.240. The van der Waals surface area contributed by atoms with Crippen LogP contribution in [0.25, 0.3) is 11.8 Å². The lowest BCUT2D eigenvalue weighted by Crippen LogP contribution is -2.49. The number of allylic oxidation sites excluding steroid dienone is 3. The summed E-state index contributed by atoms with van der Waals surface area (Å²) >= 11 is 0. The maximum atomic E-state index is 14.3. The number of alkyl halides is 3. The molecule has 0 spiro atoms. The summed E-state index contributed by atoms with van der Waals surface area (Å²) in [5, 5.41) is 7.29. The van der Waals surface area contributed by atoms with Crippen LogP contribution in [0.5, 0.6) is 5.75 Å². The highest BCUT2D eigenvalue weighted by atomic mass is 19.4. The molecular formula is C31H29F4N3O2. The lowest BCUT2D eigenvalue weighted by molar-refractivity contribution is -0.196. The van der Waals surface area contributed by atoms with Crippen LogP contribution in [0.15, 0.2) is 72.0 Å². The third-order valence-corrected chi connectivity index (χ3v) is 8.80. The number of halogens is 4. The summed E-state index contributed by atoms with van der Waals surface area (Å²) < 4.78 is 63.4. The van der Waals surface area contributed by atoms with Crippen molar-refractivity contribution in [1.29, 1.82) is 0 Å². The molecule has 0 radical (unpaired) electrons. The average Bonchev–Trinajstić information content (AvgIpc) is 3.33. The summed E-state index contributed by atoms with van der Waals surface area (Å²) in [7, 11) is 1.49. The highest BCUT2D eigenvalue weighted by Crippen LogP contribution is 2.59. The van der Waals surface area contributed by atoms with E-state index in [4.69, 9.17) is 4.74 Å². The van der Waals surface area contributed by atoms with Gasteiger partial charge in [-0.15, -0.1) is 0 Å². The molecule has 0 saturated heterocycles. The molecule has 4 atom stereocenters. The summed E-state index contributed by atoms with van der Waals surface area (Å²) in [5.41, 5.74) is 4.50. The van der Waals surface area contributed by atoms with Crippen LogP contribution in [0.3, 0.4) is 0 Å². The molecule has 3 aliphatic rings. The Bertz CT molecular complexity index is 1520. The van der Waals surface area contributed by atoms with Crippen molar-refractivity contribution in [1.82, 2.24) is 9.78 Å². The molecule has 0 bridgehead atoms. The second kappa shape index (κ2) is 9.64. The van der Waals surface area contributed by atoms with E-state index in [1.807, 2.05) is 0 Å². The molecular weight excluding hydrogens is 522 g/mol. The first kappa shape index (κ1) is 26.3. The Hall–Kier alpha value is -3.88. The van der Waals surface area contributed by atoms with Gasteiger partial charge in [0.2, 0.25) is 5.91 Å². The third kappa shape index (κ3) is 4.41. The number of carbonyl (C=O) groups is 1. The van der Waals surface area contributed by atoms with Gasteiger partial charge in [-0.3, -0.25) is 4.79 Å². The predicted molar refractivity (Wildman–Crippen MR) is 143 cm³/mol. The second-order valence-electron chi connectivity index (χ2n) is 11.1. The number of nitrogens with one attached hydrogen (secondary N) is 1. The number of rotatable bonds is 4. The predicted octanol–water partition coefficient (Wildman–Crippen LogP) is 7.14. The van der Waals surface area contributed by atoms with E-state index >= 15 is 0 Å². The quantitative estimate of drug-likeness (QED) is 0.277. The molecule has 5 nitrogen and oxygen atoms in total. The van der Waals surface area contributed by atoms with Crippen molar-refractivity contribution in [2.75, 3.05) is 12.4 Å². The van der Waals surface area contributed by atoms with Crippen LogP contribution in [0.1, 0.15) is 37.4 Å². The summed E-state index contributed by atoms with van der Waals surface area (Å²) in [6, 6.07) is 12.7. The van der Waals surface area contributed by atoms with E-state index in [0.29, 0.717) is 30.7 Å². The van der Waals surface area contributed by atoms with Gasteiger partial charge >= 0.3 is 6.18 Å². The molecule has 1 amide bonds. The summed E-state index contributed by atoms with van der Waals surface area (Å²) in [6.45, 7) is 2.07. The van der Waals surface area contributed by atoms with Gasteiger partial charge in [-0.05, 0) is 79.6 Å². The number of amides is 1. The summed E-state index contributed by atoms with van der Waals surface area (Å²) in [6.07, 6.45) is 2.42. The van der Waals surface area contributed by atoms with Crippen LogP contribution in [0.4, 0.5) is 23.2 Å². The zero-order chi connectivity index (χ0) is 28.2. The standard InChI is InChI=1S/C31H29F4N3O2/c1-30-16-18-17-36-38(22-9-7-20(32)8-10-22)27(18)14-19(30)6-11-24-25(30)12-13-26(31(33,34)35)28(24)29(39)37-21-4-3-5-23(15-21)40-2/h3-5,7-10,12,14-15,17,24,26,28H,6,11,13,16H2,1-2H3,(H,37,39)/t24-,26+,28+,30-/m0/s1. The molecule has 1 saturated carbocycles. The fourth-order valence-corrected chi connectivity index (χ4v) is 6.86. The Balaban J connectivity index is 1.35. The molecule has 3 aliphatic carbocycles. The Kier molecular flexibility index (Phi) is 6.35. The van der Waals surface area contributed by atoms with Gasteiger partial charge in [-0.2, -0.15) is 18.3 Å². The van der Waals surface area contributed by atoms with Crippen LogP contribution in [0, 0.1) is 29.0 Å². The van der Waals surface area contributed by atoms with E-state index in [1.165, 1.54) is 19.2 Å². The lowest BCUT2D eigenvalue weighted by atomic mass is 9.54. The largest absolute Gasteiger partial charge is 0.497 e. The molecule has 3 aromatic rings. The van der Waals surface area contributed by atoms with Crippen molar-refractivity contribution >= 4 is 17.7 Å². The SMILES string of the molecule is COc1cccc(NC(=O)[C@H]2[C@H](C(F)(F)F)CC=C3[C@@H]2CCC2=Cc4c(cnn4-c4ccc(F)cc4)C[C@@]23C)c1. The Labute approximate surface area is 229 Å². The molecule has 1 N–H and O–H groups in total. The molecule has 40 heavy (non-hydrogen) atoms. The fourth-order valence-electron chi connectivity index (χ4n) is 6.86. The van der Waals surface area contributed by atoms with Crippen LogP contribution in [0.2, 0.25) is 0 Å². The smallest absolute Gasteiger partial charge is 0.392 e. The van der Waals surface area contributed by atoms with Crippen molar-refractivity contribution in [2.24, 2.45) is 23.2 Å². The normalized spacial score (nSPS) is 25.6. The first-order valence-electron chi connectivity index (χ1n) is 13.3. The van der Waals surface area contributed by atoms with Crippen molar-refractivity contribution in [3.05, 3.63) is 89.0 Å². The summed E-state index contributed by atoms with van der Waals surface area (Å²) in [5.74, 6) is -3.99. The minimum atomic E-state index is -4.51. The molecule has 0 aliphatic heterocycles. The highest BCUT2D eigenvalue weighted by molar-refractivity contribution is 5.93. The molecule has 9 heteroatoms. The lowest BCUT2D eigenvalue weighted by Gasteiger charge is -2.50. The van der Waals surface area contributed by atoms with E-state index in [0.717, 1.165) is 28.1 Å². The maximum Gasteiger partial charge on any atom is 0.392 e. The van der Waals surface area contributed by atoms with E-state index in [2.05, 4.69) is 23.4 Å². The van der Waals surface area contributed by atoms with E-state index in [9.17, 15) is 22.4 Å². The van der Waals surface area contributed by atoms with Crippen LogP contribution >= 0.6 is 0 Å². The number of fused-ring (bicyclic) bond motifs is 4. The molecule has 2 aromatic carbocycles. The molecule has 1 fully saturated rings. The number of benzene rings is 2. The van der Waals surface area contributed by atoms with E-state index in [1.54, 1.807) is 53.4 Å². The Morgan fingerprint density at radius 1 is 1.18 bits per heavy atom. The first-order chi connectivity index (χ1) is 19.1. The van der Waals surface area contributed by atoms with Crippen molar-refractivity contribution in [3.63, 3.8) is 0 Å². The number of hydrogen-bond donors (Lipinski definition) is 1. The van der Waals surface area contributed by atoms with Crippen LogP contribution in [-0.2, 0) is 11.2 Å². The zero-order valence-electron chi connectivity index (χ0n) is 22.1. The van der Waals surface area contributed by atoms with Gasteiger partial charge in [0.05, 0.1) is 36.5 Å². The van der Waals surface area contributed by atoms with Gasteiger partial charge in [0.15, 0.2) is 0 Å². The number of aromatic nitrogens is 2. The monoisotopic (exact) mass is 551 g/mol. The third-order valence-electron chi connectivity index (χ3n) is 8.80. The van der Waals surface area contributed by atoms with Gasteiger partial charge in [0.1, 0.15) is 11.6 Å². The highest BCUT2D eigenvalue weighted by Gasteiger charge is 2.56. The molecule has 0 unspecified atom stereocenters. The van der Waals surface area contributed by atoms with Gasteiger partial charge in [0, 0.05) is 17.2 Å². The Morgan fingerprint density at radius 3 is 2.67 bits per heavy atom. The van der Waals surface area contributed by atoms with Crippen molar-refractivity contribution < 1.29 is 27.1 Å². The molecule has 208 valence electrons. The van der Waals surface area contributed by atoms with E-state index in [-0.39, 0.29) is 12.2 Å². The van der Waals surface area contributed by atoms with Crippen LogP contribution in [-0.4, -0.2) is 29.0 Å². The molecule has 1 heterocycles. The van der Waals surface area contributed by atoms with Crippen molar-refractivity contribution in [2.45, 2.75) is 38.8 Å².